The Bertz CT molecular complexity index is 603. The van der Waals surface area contributed by atoms with Gasteiger partial charge in [0.05, 0.1) is 5.92 Å². The van der Waals surface area contributed by atoms with Crippen molar-refractivity contribution < 1.29 is 9.90 Å². The van der Waals surface area contributed by atoms with Crippen LogP contribution < -0.4 is 0 Å². The first kappa shape index (κ1) is 14.5. The lowest BCUT2D eigenvalue weighted by Crippen LogP contribution is -2.30. The maximum Gasteiger partial charge on any atom is 0.307 e. The van der Waals surface area contributed by atoms with Crippen LogP contribution in [0.1, 0.15) is 25.5 Å². The van der Waals surface area contributed by atoms with Crippen molar-refractivity contribution in [3.05, 3.63) is 48.0 Å². The minimum atomic E-state index is -0.748. The van der Waals surface area contributed by atoms with Crippen LogP contribution in [-0.4, -0.2) is 29.6 Å². The van der Waals surface area contributed by atoms with Gasteiger partial charge in [-0.25, -0.2) is 0 Å². The summed E-state index contributed by atoms with van der Waals surface area (Å²) in [4.78, 5) is 13.1. The molecule has 0 spiro atoms. The summed E-state index contributed by atoms with van der Waals surface area (Å²) in [7, 11) is 1.98. The summed E-state index contributed by atoms with van der Waals surface area (Å²) in [6.07, 6.45) is 0. The van der Waals surface area contributed by atoms with E-state index in [9.17, 15) is 4.79 Å². The molecular weight excluding hydrogens is 250 g/mol. The molecule has 2 rings (SSSR count). The normalized spacial score (nSPS) is 14.4. The Morgan fingerprint density at radius 1 is 1.15 bits per heavy atom. The van der Waals surface area contributed by atoms with E-state index in [0.717, 1.165) is 0 Å². The Morgan fingerprint density at radius 2 is 1.80 bits per heavy atom. The summed E-state index contributed by atoms with van der Waals surface area (Å²) in [6.45, 7) is 4.41. The van der Waals surface area contributed by atoms with Gasteiger partial charge in [-0.05, 0) is 30.3 Å². The van der Waals surface area contributed by atoms with E-state index in [-0.39, 0.29) is 12.0 Å². The van der Waals surface area contributed by atoms with Gasteiger partial charge < -0.3 is 5.11 Å². The van der Waals surface area contributed by atoms with Gasteiger partial charge in [-0.15, -0.1) is 0 Å². The van der Waals surface area contributed by atoms with E-state index in [0.29, 0.717) is 6.54 Å². The largest absolute Gasteiger partial charge is 0.481 e. The van der Waals surface area contributed by atoms with Gasteiger partial charge in [-0.3, -0.25) is 9.69 Å². The van der Waals surface area contributed by atoms with Crippen molar-refractivity contribution in [1.29, 1.82) is 0 Å². The molecule has 106 valence electrons. The molecule has 2 atom stereocenters. The van der Waals surface area contributed by atoms with E-state index < -0.39 is 5.97 Å². The smallest absolute Gasteiger partial charge is 0.307 e. The Balaban J connectivity index is 2.27. The van der Waals surface area contributed by atoms with Gasteiger partial charge in [0.15, 0.2) is 0 Å². The van der Waals surface area contributed by atoms with Crippen molar-refractivity contribution in [1.82, 2.24) is 4.90 Å². The first-order valence-corrected chi connectivity index (χ1v) is 6.91. The van der Waals surface area contributed by atoms with Gasteiger partial charge in [0.2, 0.25) is 0 Å². The van der Waals surface area contributed by atoms with Crippen LogP contribution in [0.2, 0.25) is 0 Å². The number of hydrogen-bond acceptors (Lipinski definition) is 2. The molecule has 0 aliphatic carbocycles. The monoisotopic (exact) mass is 271 g/mol. The molecule has 0 saturated carbocycles. The number of carboxylic acid groups (broad SMARTS) is 1. The van der Waals surface area contributed by atoms with Crippen LogP contribution in [0, 0.1) is 5.92 Å². The van der Waals surface area contributed by atoms with Gasteiger partial charge in [0.25, 0.3) is 0 Å². The first-order valence-electron chi connectivity index (χ1n) is 6.91. The Morgan fingerprint density at radius 3 is 2.50 bits per heavy atom. The van der Waals surface area contributed by atoms with Gasteiger partial charge >= 0.3 is 5.97 Å². The second-order valence-electron chi connectivity index (χ2n) is 5.42. The summed E-state index contributed by atoms with van der Waals surface area (Å²) >= 11 is 0. The van der Waals surface area contributed by atoms with E-state index in [2.05, 4.69) is 42.2 Å². The summed E-state index contributed by atoms with van der Waals surface area (Å²) in [6, 6.07) is 14.8. The second-order valence-corrected chi connectivity index (χ2v) is 5.42. The molecule has 2 aromatic carbocycles. The highest BCUT2D eigenvalue weighted by molar-refractivity contribution is 5.86. The van der Waals surface area contributed by atoms with Gasteiger partial charge in [0, 0.05) is 12.6 Å². The zero-order chi connectivity index (χ0) is 14.7. The van der Waals surface area contributed by atoms with Crippen LogP contribution in [0.4, 0.5) is 0 Å². The van der Waals surface area contributed by atoms with Gasteiger partial charge in [-0.2, -0.15) is 0 Å². The van der Waals surface area contributed by atoms with Crippen LogP contribution in [0.5, 0.6) is 0 Å². The highest BCUT2D eigenvalue weighted by Crippen LogP contribution is 2.27. The molecule has 20 heavy (non-hydrogen) atoms. The fourth-order valence-electron chi connectivity index (χ4n) is 2.52. The number of fused-ring (bicyclic) bond motifs is 1. The van der Waals surface area contributed by atoms with E-state index in [1.54, 1.807) is 6.92 Å². The standard InChI is InChI=1S/C17H21NO2/c1-12(17(19)20)11-18(3)13(2)15-10-6-8-14-7-4-5-9-16(14)15/h4-10,12-13H,11H2,1-3H3,(H,19,20). The molecule has 0 radical (unpaired) electrons. The molecule has 2 aromatic rings. The first-order chi connectivity index (χ1) is 9.50. The third-order valence-electron chi connectivity index (χ3n) is 3.92. The third kappa shape index (κ3) is 2.99. The van der Waals surface area contributed by atoms with Crippen LogP contribution in [0.25, 0.3) is 10.8 Å². The van der Waals surface area contributed by atoms with Crippen LogP contribution in [-0.2, 0) is 4.79 Å². The molecule has 0 aromatic heterocycles. The Kier molecular flexibility index (Phi) is 4.40. The van der Waals surface area contributed by atoms with Crippen molar-refractivity contribution in [2.75, 3.05) is 13.6 Å². The number of aliphatic carboxylic acids is 1. The summed E-state index contributed by atoms with van der Waals surface area (Å²) in [5.41, 5.74) is 1.24. The average Bonchev–Trinajstić information content (AvgIpc) is 2.45. The molecule has 0 amide bonds. The molecule has 0 aliphatic rings. The molecule has 2 unspecified atom stereocenters. The van der Waals surface area contributed by atoms with Crippen molar-refractivity contribution in [2.24, 2.45) is 5.92 Å². The minimum Gasteiger partial charge on any atom is -0.481 e. The van der Waals surface area contributed by atoms with Crippen molar-refractivity contribution in [3.8, 4) is 0 Å². The highest BCUT2D eigenvalue weighted by atomic mass is 16.4. The number of carboxylic acids is 1. The van der Waals surface area contributed by atoms with E-state index >= 15 is 0 Å². The maximum atomic E-state index is 11.0. The lowest BCUT2D eigenvalue weighted by molar-refractivity contribution is -0.141. The Hall–Kier alpha value is -1.87. The molecule has 0 saturated heterocycles. The molecule has 0 aliphatic heterocycles. The molecule has 0 bridgehead atoms. The quantitative estimate of drug-likeness (QED) is 0.904. The summed E-state index contributed by atoms with van der Waals surface area (Å²) in [5.74, 6) is -1.11. The predicted molar refractivity (Wildman–Crippen MR) is 81.8 cm³/mol. The SMILES string of the molecule is CC(CN(C)C(C)c1cccc2ccccc12)C(=O)O. The van der Waals surface area contributed by atoms with Crippen LogP contribution in [0.15, 0.2) is 42.5 Å². The topological polar surface area (TPSA) is 40.5 Å². The van der Waals surface area contributed by atoms with Gasteiger partial charge in [0.1, 0.15) is 0 Å². The lowest BCUT2D eigenvalue weighted by Gasteiger charge is -2.27. The van der Waals surface area contributed by atoms with Crippen LogP contribution >= 0.6 is 0 Å². The summed E-state index contributed by atoms with van der Waals surface area (Å²) in [5, 5.41) is 11.5. The third-order valence-corrected chi connectivity index (χ3v) is 3.92. The Labute approximate surface area is 119 Å². The van der Waals surface area contributed by atoms with Crippen molar-refractivity contribution in [2.45, 2.75) is 19.9 Å². The zero-order valence-corrected chi connectivity index (χ0v) is 12.2. The minimum absolute atomic E-state index is 0.183. The van der Waals surface area contributed by atoms with Gasteiger partial charge in [-0.1, -0.05) is 49.4 Å². The molecular formula is C17H21NO2. The molecule has 3 nitrogen and oxygen atoms in total. The number of rotatable bonds is 5. The fraction of sp³-hybridized carbons (Fsp3) is 0.353. The maximum absolute atomic E-state index is 11.0. The summed E-state index contributed by atoms with van der Waals surface area (Å²) < 4.78 is 0. The number of carbonyl (C=O) groups is 1. The number of benzene rings is 2. The van der Waals surface area contributed by atoms with Crippen molar-refractivity contribution in [3.63, 3.8) is 0 Å². The van der Waals surface area contributed by atoms with E-state index in [4.69, 9.17) is 5.11 Å². The van der Waals surface area contributed by atoms with E-state index in [1.807, 2.05) is 19.2 Å². The molecule has 3 heteroatoms. The van der Waals surface area contributed by atoms with Crippen molar-refractivity contribution >= 4 is 16.7 Å². The predicted octanol–water partition coefficient (Wildman–Crippen LogP) is 3.55. The van der Waals surface area contributed by atoms with E-state index in [1.165, 1.54) is 16.3 Å². The molecule has 1 N–H and O–H groups in total. The second kappa shape index (κ2) is 6.06. The fourth-order valence-corrected chi connectivity index (χ4v) is 2.52. The highest BCUT2D eigenvalue weighted by Gasteiger charge is 2.19. The average molecular weight is 271 g/mol. The molecule has 0 fully saturated rings. The zero-order valence-electron chi connectivity index (χ0n) is 12.2. The number of hydrogen-bond donors (Lipinski definition) is 1. The molecule has 0 heterocycles. The number of nitrogens with zero attached hydrogens (tertiary/aromatic N) is 1. The lowest BCUT2D eigenvalue weighted by atomic mass is 9.98. The van der Waals surface area contributed by atoms with Crippen LogP contribution in [0.3, 0.4) is 0 Å².